The molecule has 8 heteroatoms. The highest BCUT2D eigenvalue weighted by Gasteiger charge is 2.23. The molecule has 0 saturated carbocycles. The summed E-state index contributed by atoms with van der Waals surface area (Å²) in [6.45, 7) is 2.28. The van der Waals surface area contributed by atoms with Crippen molar-refractivity contribution in [2.75, 3.05) is 11.3 Å². The van der Waals surface area contributed by atoms with Gasteiger partial charge in [-0.15, -0.1) is 0 Å². The molecule has 2 heterocycles. The molecule has 1 aliphatic heterocycles. The average molecular weight is 375 g/mol. The number of imidazole rings is 1. The van der Waals surface area contributed by atoms with Crippen LogP contribution < -0.4 is 4.72 Å². The van der Waals surface area contributed by atoms with E-state index in [1.165, 1.54) is 6.07 Å². The molecule has 0 radical (unpaired) electrons. The van der Waals surface area contributed by atoms with Crippen molar-refractivity contribution in [2.45, 2.75) is 30.8 Å². The largest absolute Gasteiger partial charge is 0.370 e. The molecule has 0 spiro atoms. The van der Waals surface area contributed by atoms with Crippen molar-refractivity contribution in [3.05, 3.63) is 53.6 Å². The molecule has 2 N–H and O–H groups in total. The molecule has 6 nitrogen and oxygen atoms in total. The molecule has 4 rings (SSSR count). The smallest absolute Gasteiger partial charge is 0.265 e. The van der Waals surface area contributed by atoms with Crippen LogP contribution >= 0.6 is 0 Å². The van der Waals surface area contributed by atoms with Gasteiger partial charge >= 0.3 is 0 Å². The Bertz CT molecular complexity index is 1050. The monoisotopic (exact) mass is 375 g/mol. The number of halogens is 1. The van der Waals surface area contributed by atoms with Gasteiger partial charge in [0.2, 0.25) is 0 Å². The number of nitrogens with one attached hydrogen (secondary N) is 2. The van der Waals surface area contributed by atoms with Crippen LogP contribution in [0.15, 0.2) is 41.3 Å². The van der Waals surface area contributed by atoms with Gasteiger partial charge in [0.25, 0.3) is 10.0 Å². The molecule has 0 aliphatic carbocycles. The highest BCUT2D eigenvalue weighted by atomic mass is 32.2. The van der Waals surface area contributed by atoms with Crippen molar-refractivity contribution in [2.24, 2.45) is 0 Å². The van der Waals surface area contributed by atoms with E-state index in [0.717, 1.165) is 36.9 Å². The number of ether oxygens (including phenoxy) is 1. The summed E-state index contributed by atoms with van der Waals surface area (Å²) in [5.74, 6) is -0.0387. The topological polar surface area (TPSA) is 84.1 Å². The van der Waals surface area contributed by atoms with Gasteiger partial charge in [0.1, 0.15) is 22.6 Å². The van der Waals surface area contributed by atoms with Crippen LogP contribution in [0.3, 0.4) is 0 Å². The SMILES string of the molecule is Cc1cccc(F)c1S(=O)(=O)Nc1ccc2nc(C3CCCO3)[nH]c2c1. The molecule has 1 aromatic heterocycles. The molecule has 1 unspecified atom stereocenters. The number of fused-ring (bicyclic) bond motifs is 1. The lowest BCUT2D eigenvalue weighted by Gasteiger charge is -2.11. The van der Waals surface area contributed by atoms with Crippen LogP contribution in [0.25, 0.3) is 11.0 Å². The van der Waals surface area contributed by atoms with Gasteiger partial charge < -0.3 is 9.72 Å². The predicted octanol–water partition coefficient (Wildman–Crippen LogP) is 3.66. The minimum atomic E-state index is -4.04. The van der Waals surface area contributed by atoms with Crippen LogP contribution in [0.5, 0.6) is 0 Å². The van der Waals surface area contributed by atoms with Crippen molar-refractivity contribution in [3.8, 4) is 0 Å². The van der Waals surface area contributed by atoms with Crippen LogP contribution in [0, 0.1) is 12.7 Å². The molecule has 136 valence electrons. The highest BCUT2D eigenvalue weighted by Crippen LogP contribution is 2.29. The molecular weight excluding hydrogens is 357 g/mol. The van der Waals surface area contributed by atoms with Crippen molar-refractivity contribution in [1.82, 2.24) is 9.97 Å². The van der Waals surface area contributed by atoms with E-state index in [0.29, 0.717) is 16.8 Å². The Morgan fingerprint density at radius 1 is 1.31 bits per heavy atom. The summed E-state index contributed by atoms with van der Waals surface area (Å²) in [4.78, 5) is 7.34. The molecule has 0 bridgehead atoms. The number of nitrogens with zero attached hydrogens (tertiary/aromatic N) is 1. The maximum absolute atomic E-state index is 14.0. The summed E-state index contributed by atoms with van der Waals surface area (Å²) in [5.41, 5.74) is 2.10. The number of benzene rings is 2. The van der Waals surface area contributed by atoms with Gasteiger partial charge in [-0.3, -0.25) is 4.72 Å². The highest BCUT2D eigenvalue weighted by molar-refractivity contribution is 7.92. The normalized spacial score (nSPS) is 17.7. The zero-order chi connectivity index (χ0) is 18.3. The van der Waals surface area contributed by atoms with E-state index in [4.69, 9.17) is 4.74 Å². The third kappa shape index (κ3) is 3.06. The third-order valence-corrected chi connectivity index (χ3v) is 5.98. The fourth-order valence-corrected chi connectivity index (χ4v) is 4.56. The Hall–Kier alpha value is -2.45. The fourth-order valence-electron chi connectivity index (χ4n) is 3.20. The second-order valence-corrected chi connectivity index (χ2v) is 7.97. The molecule has 2 aromatic carbocycles. The lowest BCUT2D eigenvalue weighted by molar-refractivity contribution is 0.106. The first-order valence-electron chi connectivity index (χ1n) is 8.33. The Balaban J connectivity index is 1.66. The van der Waals surface area contributed by atoms with Crippen LogP contribution in [-0.4, -0.2) is 25.0 Å². The molecule has 26 heavy (non-hydrogen) atoms. The zero-order valence-corrected chi connectivity index (χ0v) is 14.9. The molecule has 3 aromatic rings. The first kappa shape index (κ1) is 17.0. The predicted molar refractivity (Wildman–Crippen MR) is 96.0 cm³/mol. The fraction of sp³-hybridized carbons (Fsp3) is 0.278. The molecule has 0 amide bonds. The van der Waals surface area contributed by atoms with E-state index in [1.807, 2.05) is 0 Å². The Kier molecular flexibility index (Phi) is 4.16. The van der Waals surface area contributed by atoms with Crippen LogP contribution in [0.1, 0.15) is 30.3 Å². The molecule has 1 atom stereocenters. The summed E-state index contributed by atoms with van der Waals surface area (Å²) in [6.07, 6.45) is 1.85. The van der Waals surface area contributed by atoms with Gasteiger partial charge in [0.15, 0.2) is 0 Å². The Labute approximate surface area is 150 Å². The third-order valence-electron chi connectivity index (χ3n) is 4.42. The maximum atomic E-state index is 14.0. The molecule has 1 saturated heterocycles. The van der Waals surface area contributed by atoms with Gasteiger partial charge in [-0.05, 0) is 49.6 Å². The summed E-state index contributed by atoms with van der Waals surface area (Å²) < 4.78 is 47.3. The van der Waals surface area contributed by atoms with Crippen LogP contribution in [0.4, 0.5) is 10.1 Å². The van der Waals surface area contributed by atoms with Crippen molar-refractivity contribution in [3.63, 3.8) is 0 Å². The Morgan fingerprint density at radius 2 is 2.15 bits per heavy atom. The van der Waals surface area contributed by atoms with Crippen molar-refractivity contribution < 1.29 is 17.5 Å². The molecule has 1 aliphatic rings. The van der Waals surface area contributed by atoms with Gasteiger partial charge in [0.05, 0.1) is 16.7 Å². The minimum Gasteiger partial charge on any atom is -0.370 e. The van der Waals surface area contributed by atoms with Gasteiger partial charge in [-0.1, -0.05) is 12.1 Å². The minimum absolute atomic E-state index is 0.0522. The van der Waals surface area contributed by atoms with E-state index >= 15 is 0 Å². The van der Waals surface area contributed by atoms with Gasteiger partial charge in [0, 0.05) is 6.61 Å². The Morgan fingerprint density at radius 3 is 2.88 bits per heavy atom. The van der Waals surface area contributed by atoms with Crippen molar-refractivity contribution >= 4 is 26.7 Å². The number of anilines is 1. The molecule has 1 fully saturated rings. The van der Waals surface area contributed by atoms with E-state index in [2.05, 4.69) is 14.7 Å². The lowest BCUT2D eigenvalue weighted by Crippen LogP contribution is -2.16. The lowest BCUT2D eigenvalue weighted by atomic mass is 10.2. The number of hydrogen-bond donors (Lipinski definition) is 2. The quantitative estimate of drug-likeness (QED) is 0.729. The first-order valence-corrected chi connectivity index (χ1v) is 9.81. The summed E-state index contributed by atoms with van der Waals surface area (Å²) in [7, 11) is -4.04. The van der Waals surface area contributed by atoms with Crippen LogP contribution in [0.2, 0.25) is 0 Å². The first-order chi connectivity index (χ1) is 12.4. The zero-order valence-electron chi connectivity index (χ0n) is 14.1. The number of aromatic amines is 1. The van der Waals surface area contributed by atoms with E-state index < -0.39 is 15.8 Å². The van der Waals surface area contributed by atoms with Crippen molar-refractivity contribution in [1.29, 1.82) is 0 Å². The summed E-state index contributed by atoms with van der Waals surface area (Å²) >= 11 is 0. The number of hydrogen-bond acceptors (Lipinski definition) is 4. The van der Waals surface area contributed by atoms with E-state index in [1.54, 1.807) is 31.2 Å². The second-order valence-electron chi connectivity index (χ2n) is 6.35. The number of H-pyrrole nitrogens is 1. The summed E-state index contributed by atoms with van der Waals surface area (Å²) in [6, 6.07) is 9.14. The number of aromatic nitrogens is 2. The number of rotatable bonds is 4. The van der Waals surface area contributed by atoms with Gasteiger partial charge in [-0.25, -0.2) is 17.8 Å². The van der Waals surface area contributed by atoms with E-state index in [-0.39, 0.29) is 11.0 Å². The maximum Gasteiger partial charge on any atom is 0.265 e. The van der Waals surface area contributed by atoms with Gasteiger partial charge in [-0.2, -0.15) is 0 Å². The second kappa shape index (κ2) is 6.37. The number of sulfonamides is 1. The number of aryl methyl sites for hydroxylation is 1. The van der Waals surface area contributed by atoms with Crippen LogP contribution in [-0.2, 0) is 14.8 Å². The van der Waals surface area contributed by atoms with E-state index in [9.17, 15) is 12.8 Å². The average Bonchev–Trinajstić information content (AvgIpc) is 3.22. The summed E-state index contributed by atoms with van der Waals surface area (Å²) in [5, 5.41) is 0. The molecular formula is C18H18FN3O3S. The standard InChI is InChI=1S/C18H18FN3O3S/c1-11-4-2-5-13(19)17(11)26(23,24)22-12-7-8-14-15(10-12)21-18(20-14)16-6-3-9-25-16/h2,4-5,7-8,10,16,22H,3,6,9H2,1H3,(H,20,21).